The summed E-state index contributed by atoms with van der Waals surface area (Å²) in [5.41, 5.74) is 0. The van der Waals surface area contributed by atoms with Gasteiger partial charge in [0.25, 0.3) is 0 Å². The van der Waals surface area contributed by atoms with Gasteiger partial charge in [0.15, 0.2) is 0 Å². The fourth-order valence-electron chi connectivity index (χ4n) is 0.354. The van der Waals surface area contributed by atoms with Gasteiger partial charge in [0.1, 0.15) is 0 Å². The van der Waals surface area contributed by atoms with Crippen molar-refractivity contribution in [1.29, 1.82) is 0 Å². The summed E-state index contributed by atoms with van der Waals surface area (Å²) in [6, 6.07) is 3.73. The van der Waals surface area contributed by atoms with E-state index in [1.165, 1.54) is 0 Å². The highest BCUT2D eigenvalue weighted by atomic mass is 32.1. The van der Waals surface area contributed by atoms with Crippen molar-refractivity contribution in [1.82, 2.24) is 4.98 Å². The van der Waals surface area contributed by atoms with E-state index in [0.717, 1.165) is 10.8 Å². The Balaban J connectivity index is 0.000000218. The molecule has 0 aliphatic rings. The summed E-state index contributed by atoms with van der Waals surface area (Å²) in [6.07, 6.45) is 3.42. The van der Waals surface area contributed by atoms with Crippen molar-refractivity contribution < 1.29 is 0 Å². The fourth-order valence-corrected chi connectivity index (χ4v) is 0.506. The molecule has 0 aliphatic carbocycles. The number of aromatic nitrogens is 1. The summed E-state index contributed by atoms with van der Waals surface area (Å²) in [5.74, 6) is 0.833. The van der Waals surface area contributed by atoms with Crippen LogP contribution in [0.4, 0.5) is 0 Å². The summed E-state index contributed by atoms with van der Waals surface area (Å²) in [7, 11) is 0. The quantitative estimate of drug-likeness (QED) is 0.589. The lowest BCUT2D eigenvalue weighted by Gasteiger charge is -1.81. The van der Waals surface area contributed by atoms with E-state index in [9.17, 15) is 0 Å². The summed E-state index contributed by atoms with van der Waals surface area (Å²) in [4.78, 5) is 4.71. The summed E-state index contributed by atoms with van der Waals surface area (Å²) in [5, 5.41) is 0. The zero-order valence-electron chi connectivity index (χ0n) is 7.28. The van der Waals surface area contributed by atoms with E-state index >= 15 is 0 Å². The van der Waals surface area contributed by atoms with Gasteiger partial charge < -0.3 is 0 Å². The van der Waals surface area contributed by atoms with Crippen LogP contribution in [0.25, 0.3) is 0 Å². The van der Waals surface area contributed by atoms with Crippen LogP contribution in [0, 0.1) is 5.92 Å². The Morgan fingerprint density at radius 1 is 1.36 bits per heavy atom. The van der Waals surface area contributed by atoms with Crippen LogP contribution in [-0.4, -0.2) is 4.98 Å². The van der Waals surface area contributed by atoms with E-state index < -0.39 is 0 Å². The maximum absolute atomic E-state index is 4.02. The van der Waals surface area contributed by atoms with Crippen molar-refractivity contribution in [3.63, 3.8) is 0 Å². The van der Waals surface area contributed by atoms with E-state index in [2.05, 4.69) is 38.4 Å². The van der Waals surface area contributed by atoms with E-state index in [4.69, 9.17) is 0 Å². The molecule has 0 saturated heterocycles. The predicted molar refractivity (Wildman–Crippen MR) is 52.0 cm³/mol. The molecule has 0 aliphatic heterocycles. The lowest BCUT2D eigenvalue weighted by Crippen LogP contribution is -1.66. The Hall–Kier alpha value is -0.500. The number of rotatable bonds is 0. The van der Waals surface area contributed by atoms with Gasteiger partial charge in [-0.1, -0.05) is 20.8 Å². The largest absolute Gasteiger partial charge is 0.264 e. The van der Waals surface area contributed by atoms with Crippen molar-refractivity contribution >= 4 is 12.6 Å². The third-order valence-corrected chi connectivity index (χ3v) is 0.910. The molecule has 0 amide bonds. The predicted octanol–water partition coefficient (Wildman–Crippen LogP) is 3.03. The Morgan fingerprint density at radius 3 is 2.09 bits per heavy atom. The molecule has 1 aromatic heterocycles. The van der Waals surface area contributed by atoms with E-state index in [1.54, 1.807) is 12.4 Å². The molecule has 0 N–H and O–H groups in total. The van der Waals surface area contributed by atoms with Gasteiger partial charge in [0.2, 0.25) is 0 Å². The smallest absolute Gasteiger partial charge is 0.0401 e. The molecule has 0 saturated carbocycles. The van der Waals surface area contributed by atoms with Crippen LogP contribution in [0.1, 0.15) is 20.8 Å². The molecule has 11 heavy (non-hydrogen) atoms. The Kier molecular flexibility index (Phi) is 5.94. The van der Waals surface area contributed by atoms with E-state index in [0.29, 0.717) is 0 Å². The highest BCUT2D eigenvalue weighted by Gasteiger charge is 1.74. The van der Waals surface area contributed by atoms with Gasteiger partial charge in [-0.2, -0.15) is 0 Å². The molecular weight excluding hydrogens is 154 g/mol. The van der Waals surface area contributed by atoms with Gasteiger partial charge in [0.05, 0.1) is 0 Å². The molecule has 0 aromatic carbocycles. The first-order valence-corrected chi connectivity index (χ1v) is 4.16. The van der Waals surface area contributed by atoms with Crippen LogP contribution in [-0.2, 0) is 0 Å². The minimum atomic E-state index is 0.833. The first-order valence-electron chi connectivity index (χ1n) is 3.72. The SMILES string of the molecule is CC(C)C.Sc1cccnc1. The van der Waals surface area contributed by atoms with Gasteiger partial charge in [0, 0.05) is 17.3 Å². The number of pyridine rings is 1. The number of nitrogens with zero attached hydrogens (tertiary/aromatic N) is 1. The van der Waals surface area contributed by atoms with Gasteiger partial charge in [-0.05, 0) is 18.1 Å². The molecule has 1 rings (SSSR count). The lowest BCUT2D eigenvalue weighted by atomic mass is 10.3. The fraction of sp³-hybridized carbons (Fsp3) is 0.444. The molecule has 1 nitrogen and oxygen atoms in total. The third kappa shape index (κ3) is 9.50. The minimum absolute atomic E-state index is 0.833. The average molecular weight is 169 g/mol. The van der Waals surface area contributed by atoms with Crippen molar-refractivity contribution in [2.24, 2.45) is 5.92 Å². The second kappa shape index (κ2) is 6.23. The molecule has 0 spiro atoms. The minimum Gasteiger partial charge on any atom is -0.264 e. The van der Waals surface area contributed by atoms with Crippen molar-refractivity contribution in [3.05, 3.63) is 24.5 Å². The van der Waals surface area contributed by atoms with E-state index in [-0.39, 0.29) is 0 Å². The lowest BCUT2D eigenvalue weighted by molar-refractivity contribution is 0.737. The van der Waals surface area contributed by atoms with E-state index in [1.807, 2.05) is 12.1 Å². The Morgan fingerprint density at radius 2 is 1.91 bits per heavy atom. The highest BCUT2D eigenvalue weighted by Crippen LogP contribution is 1.98. The molecule has 1 heterocycles. The first-order chi connectivity index (χ1) is 5.13. The van der Waals surface area contributed by atoms with Crippen LogP contribution in [0.2, 0.25) is 0 Å². The second-order valence-electron chi connectivity index (χ2n) is 2.94. The van der Waals surface area contributed by atoms with Crippen molar-refractivity contribution in [3.8, 4) is 0 Å². The highest BCUT2D eigenvalue weighted by molar-refractivity contribution is 7.80. The molecule has 0 atom stereocenters. The number of hydrogen-bond acceptors (Lipinski definition) is 2. The first kappa shape index (κ1) is 10.5. The molecule has 0 unspecified atom stereocenters. The van der Waals surface area contributed by atoms with Crippen molar-refractivity contribution in [2.75, 3.05) is 0 Å². The molecule has 2 heteroatoms. The molecule has 1 aromatic rings. The monoisotopic (exact) mass is 169 g/mol. The number of thiol groups is 1. The molecule has 62 valence electrons. The van der Waals surface area contributed by atoms with Gasteiger partial charge >= 0.3 is 0 Å². The second-order valence-corrected chi connectivity index (χ2v) is 3.46. The zero-order chi connectivity index (χ0) is 8.69. The van der Waals surface area contributed by atoms with Crippen LogP contribution >= 0.6 is 12.6 Å². The van der Waals surface area contributed by atoms with Crippen LogP contribution in [0.15, 0.2) is 29.4 Å². The van der Waals surface area contributed by atoms with Crippen LogP contribution in [0.3, 0.4) is 0 Å². The standard InChI is InChI=1S/C5H5NS.C4H10/c7-5-2-1-3-6-4-5;1-4(2)3/h1-4,7H;4H,1-3H3. The molecule has 0 bridgehead atoms. The Labute approximate surface area is 74.3 Å². The summed E-state index contributed by atoms with van der Waals surface area (Å²) < 4.78 is 0. The molecule has 0 radical (unpaired) electrons. The topological polar surface area (TPSA) is 12.9 Å². The molecular formula is C9H15NS. The average Bonchev–Trinajstić information content (AvgIpc) is 1.87. The van der Waals surface area contributed by atoms with Gasteiger partial charge in [-0.15, -0.1) is 12.6 Å². The third-order valence-electron chi connectivity index (χ3n) is 0.646. The Bertz CT molecular complexity index is 169. The molecule has 0 fully saturated rings. The number of hydrogen-bond donors (Lipinski definition) is 1. The van der Waals surface area contributed by atoms with Gasteiger partial charge in [-0.25, -0.2) is 0 Å². The van der Waals surface area contributed by atoms with Crippen molar-refractivity contribution in [2.45, 2.75) is 25.7 Å². The maximum Gasteiger partial charge on any atom is 0.0401 e. The normalized spacial score (nSPS) is 8.82. The van der Waals surface area contributed by atoms with Crippen LogP contribution in [0.5, 0.6) is 0 Å². The van der Waals surface area contributed by atoms with Crippen LogP contribution < -0.4 is 0 Å². The zero-order valence-corrected chi connectivity index (χ0v) is 8.18. The van der Waals surface area contributed by atoms with Gasteiger partial charge in [-0.3, -0.25) is 4.98 Å². The summed E-state index contributed by atoms with van der Waals surface area (Å²) in [6.45, 7) is 6.50. The summed E-state index contributed by atoms with van der Waals surface area (Å²) >= 11 is 4.02. The maximum atomic E-state index is 4.02.